The number of aliphatic carboxylic acids is 2. The number of carboxylic acids is 2. The van der Waals surface area contributed by atoms with Crippen molar-refractivity contribution < 1.29 is 36.2 Å². The molecule has 0 unspecified atom stereocenters. The third-order valence-corrected chi connectivity index (χ3v) is 4.99. The Bertz CT molecular complexity index is 310. The van der Waals surface area contributed by atoms with E-state index in [1.54, 1.807) is 0 Å². The Hall–Kier alpha value is -0.648. The Morgan fingerprint density at radius 1 is 0.438 bits per heavy atom. The Kier molecular flexibility index (Phi) is 57.1. The summed E-state index contributed by atoms with van der Waals surface area (Å²) < 4.78 is 0. The molecule has 32 heavy (non-hydrogen) atoms. The van der Waals surface area contributed by atoms with Crippen LogP contribution in [0, 0.1) is 0 Å². The van der Waals surface area contributed by atoms with Gasteiger partial charge in [-0.25, -0.2) is 0 Å². The summed E-state index contributed by atoms with van der Waals surface area (Å²) >= 11 is 0. The van der Waals surface area contributed by atoms with E-state index in [2.05, 4.69) is 13.8 Å². The van der Waals surface area contributed by atoms with E-state index in [4.69, 9.17) is 10.2 Å². The van der Waals surface area contributed by atoms with E-state index < -0.39 is 11.9 Å². The number of hydrogen-bond donors (Lipinski definition) is 2. The van der Waals surface area contributed by atoms with Crippen molar-refractivity contribution in [2.24, 2.45) is 0 Å². The first-order chi connectivity index (χ1) is 13.5. The Balaban J connectivity index is -0.0000000939. The van der Waals surface area contributed by atoms with Crippen molar-refractivity contribution >= 4 is 29.3 Å². The molecule has 0 rings (SSSR count). The van der Waals surface area contributed by atoms with E-state index in [9.17, 15) is 9.59 Å². The molecule has 0 aliphatic heterocycles. The van der Waals surface area contributed by atoms with Crippen molar-refractivity contribution in [2.75, 3.05) is 0 Å². The number of hydrogen-bond acceptors (Lipinski definition) is 5. The van der Waals surface area contributed by atoms with Gasteiger partial charge in [0.05, 0.1) is 0 Å². The topological polar surface area (TPSA) is 165 Å². The van der Waals surface area contributed by atoms with Gasteiger partial charge < -0.3 is 26.6 Å². The summed E-state index contributed by atoms with van der Waals surface area (Å²) in [5.74, 6) is -1.32. The zero-order valence-electron chi connectivity index (χ0n) is 20.8. The Labute approximate surface area is 207 Å². The minimum absolute atomic E-state index is 0. The van der Waals surface area contributed by atoms with Crippen molar-refractivity contribution in [3.8, 4) is 0 Å². The van der Waals surface area contributed by atoms with Crippen LogP contribution in [0.25, 0.3) is 0 Å². The monoisotopic (exact) mass is 478 g/mol. The fourth-order valence-corrected chi connectivity index (χ4v) is 3.17. The van der Waals surface area contributed by atoms with Crippen molar-refractivity contribution in [3.63, 3.8) is 0 Å². The molecule has 0 atom stereocenters. The maximum atomic E-state index is 10.2. The fourth-order valence-electron chi connectivity index (χ4n) is 3.17. The molecule has 0 aromatic rings. The third kappa shape index (κ3) is 51.8. The van der Waals surface area contributed by atoms with Gasteiger partial charge in [0.1, 0.15) is 0 Å². The second kappa shape index (κ2) is 40.7. The van der Waals surface area contributed by atoms with Gasteiger partial charge in [-0.2, -0.15) is 0 Å². The van der Waals surface area contributed by atoms with E-state index in [1.807, 2.05) is 0 Å². The second-order valence-electron chi connectivity index (χ2n) is 7.94. The van der Waals surface area contributed by atoms with Crippen molar-refractivity contribution in [2.45, 2.75) is 142 Å². The van der Waals surface area contributed by atoms with Crippen LogP contribution in [0.5, 0.6) is 0 Å². The Morgan fingerprint density at radius 3 is 0.812 bits per heavy atom. The van der Waals surface area contributed by atoms with Crippen LogP contribution >= 0.6 is 0 Å². The molecule has 0 aromatic heterocycles. The van der Waals surface area contributed by atoms with E-state index in [0.717, 1.165) is 25.7 Å². The first kappa shape index (κ1) is 44.9. The van der Waals surface area contributed by atoms with E-state index in [0.29, 0.717) is 12.8 Å². The minimum atomic E-state index is -0.659. The summed E-state index contributed by atoms with van der Waals surface area (Å²) in [5.41, 5.74) is 0. The van der Waals surface area contributed by atoms with Crippen LogP contribution in [0.2, 0.25) is 0 Å². The van der Waals surface area contributed by atoms with Crippen LogP contribution in [0.3, 0.4) is 0 Å². The predicted molar refractivity (Wildman–Crippen MR) is 131 cm³/mol. The fraction of sp³-hybridized carbons (Fsp3) is 0.917. The van der Waals surface area contributed by atoms with Gasteiger partial charge in [-0.15, -0.1) is 0 Å². The molecule has 5 N–H and O–H groups in total. The number of rotatable bonds is 20. The van der Waals surface area contributed by atoms with Gasteiger partial charge in [-0.05, 0) is 12.8 Å². The van der Waals surface area contributed by atoms with Gasteiger partial charge in [0.15, 0.2) is 0 Å². The van der Waals surface area contributed by atoms with E-state index in [1.165, 1.54) is 89.9 Å². The molecular weight excluding hydrogens is 427 g/mol. The first-order valence-electron chi connectivity index (χ1n) is 12.0. The zero-order valence-corrected chi connectivity index (χ0v) is 21.9. The number of carboxylic acid groups (broad SMARTS) is 2. The SMILES string of the molecule is CCCCCCCCCCCC(=O)O.CCCCCCCCCCCC(=O)O.[Al+3].[OH-].[OH-].[OH-]. The Morgan fingerprint density at radius 2 is 0.625 bits per heavy atom. The van der Waals surface area contributed by atoms with Crippen molar-refractivity contribution in [1.82, 2.24) is 0 Å². The van der Waals surface area contributed by atoms with Crippen LogP contribution in [-0.4, -0.2) is 55.9 Å². The smallest absolute Gasteiger partial charge is 0.870 e. The normalized spacial score (nSPS) is 9.06. The van der Waals surface area contributed by atoms with E-state index in [-0.39, 0.29) is 33.8 Å². The molecule has 0 aromatic carbocycles. The maximum Gasteiger partial charge on any atom is 3.00 e. The summed E-state index contributed by atoms with van der Waals surface area (Å²) in [5, 5.41) is 16.8. The van der Waals surface area contributed by atoms with Gasteiger partial charge in [-0.1, -0.05) is 117 Å². The first-order valence-corrected chi connectivity index (χ1v) is 12.0. The molecule has 192 valence electrons. The standard InChI is InChI=1S/2C12H24O2.Al.3H2O/c2*1-2-3-4-5-6-7-8-9-10-11-12(13)14;;;;/h2*2-11H2,1H3,(H,13,14);;3*1H2/q;;+3;;;/p-3. The molecule has 0 heterocycles. The summed E-state index contributed by atoms with van der Waals surface area (Å²) in [6.07, 6.45) is 23.0. The average molecular weight is 479 g/mol. The molecule has 0 radical (unpaired) electrons. The predicted octanol–water partition coefficient (Wildman–Crippen LogP) is 7.07. The molecular formula is C24H51AlO7. The summed E-state index contributed by atoms with van der Waals surface area (Å²) in [6.45, 7) is 4.46. The van der Waals surface area contributed by atoms with Crippen LogP contribution in [0.4, 0.5) is 0 Å². The second-order valence-corrected chi connectivity index (χ2v) is 7.94. The van der Waals surface area contributed by atoms with Crippen molar-refractivity contribution in [1.29, 1.82) is 0 Å². The van der Waals surface area contributed by atoms with Crippen LogP contribution in [0.15, 0.2) is 0 Å². The molecule has 7 nitrogen and oxygen atoms in total. The van der Waals surface area contributed by atoms with Gasteiger partial charge in [0, 0.05) is 12.8 Å². The maximum absolute atomic E-state index is 10.2. The molecule has 0 aliphatic rings. The molecule has 0 saturated heterocycles. The molecule has 0 amide bonds. The quantitative estimate of drug-likeness (QED) is 0.139. The van der Waals surface area contributed by atoms with Crippen LogP contribution in [0.1, 0.15) is 142 Å². The largest absolute Gasteiger partial charge is 3.00 e. The van der Waals surface area contributed by atoms with Crippen LogP contribution < -0.4 is 0 Å². The molecule has 0 saturated carbocycles. The summed E-state index contributed by atoms with van der Waals surface area (Å²) in [7, 11) is 0. The van der Waals surface area contributed by atoms with Gasteiger partial charge in [0.25, 0.3) is 0 Å². The minimum Gasteiger partial charge on any atom is -0.870 e. The van der Waals surface area contributed by atoms with Crippen LogP contribution in [-0.2, 0) is 9.59 Å². The molecule has 0 bridgehead atoms. The molecule has 8 heteroatoms. The number of carbonyl (C=O) groups is 2. The zero-order chi connectivity index (χ0) is 21.3. The van der Waals surface area contributed by atoms with Gasteiger partial charge in [0.2, 0.25) is 0 Å². The average Bonchev–Trinajstić information content (AvgIpc) is 2.65. The third-order valence-electron chi connectivity index (χ3n) is 4.99. The summed E-state index contributed by atoms with van der Waals surface area (Å²) in [6, 6.07) is 0. The van der Waals surface area contributed by atoms with E-state index >= 15 is 0 Å². The van der Waals surface area contributed by atoms with Crippen molar-refractivity contribution in [3.05, 3.63) is 0 Å². The molecule has 0 spiro atoms. The summed E-state index contributed by atoms with van der Waals surface area (Å²) in [4.78, 5) is 20.4. The number of unbranched alkanes of at least 4 members (excludes halogenated alkanes) is 16. The molecule has 0 aliphatic carbocycles. The van der Waals surface area contributed by atoms with Gasteiger partial charge >= 0.3 is 29.3 Å². The molecule has 0 fully saturated rings. The van der Waals surface area contributed by atoms with Gasteiger partial charge in [-0.3, -0.25) is 9.59 Å².